The van der Waals surface area contributed by atoms with Crippen LogP contribution in [0.4, 0.5) is 4.79 Å². The Balaban J connectivity index is 4.12. The molecule has 0 saturated heterocycles. The molecule has 60 valence electrons. The maximum Gasteiger partial charge on any atom is 0.328 e. The quantitative estimate of drug-likeness (QED) is 0.257. The first-order valence-corrected chi connectivity index (χ1v) is 3.48. The molecule has 0 aromatic carbocycles. The van der Waals surface area contributed by atoms with E-state index in [1.807, 2.05) is 0 Å². The third-order valence-corrected chi connectivity index (χ3v) is 1.13. The zero-order chi connectivity index (χ0) is 8.36. The molecule has 0 bridgehead atoms. The lowest BCUT2D eigenvalue weighted by molar-refractivity contribution is 0.228. The summed E-state index contributed by atoms with van der Waals surface area (Å²) in [6.07, 6.45) is 0. The summed E-state index contributed by atoms with van der Waals surface area (Å²) in [5, 5.41) is 4.43. The van der Waals surface area contributed by atoms with Crippen LogP contribution >= 0.6 is 0 Å². The first kappa shape index (κ1) is 9.10. The van der Waals surface area contributed by atoms with Gasteiger partial charge >= 0.3 is 16.2 Å². The molecule has 9 heteroatoms. The van der Waals surface area contributed by atoms with Crippen molar-refractivity contribution in [3.8, 4) is 0 Å². The minimum Gasteiger partial charge on any atom is -0.350 e. The molecular formula is CH7N5O3S. The average molecular weight is 169 g/mol. The molecule has 0 rings (SSSR count). The molecule has 0 aromatic rings. The highest BCUT2D eigenvalue weighted by atomic mass is 32.2. The lowest BCUT2D eigenvalue weighted by atomic mass is 11.2. The maximum atomic E-state index is 10.2. The van der Waals surface area contributed by atoms with E-state index in [4.69, 9.17) is 0 Å². The van der Waals surface area contributed by atoms with Gasteiger partial charge in [-0.1, -0.05) is 0 Å². The first-order chi connectivity index (χ1) is 4.34. The van der Waals surface area contributed by atoms with Crippen molar-refractivity contribution in [1.29, 1.82) is 0 Å². The monoisotopic (exact) mass is 169 g/mol. The number of nitrogens with one attached hydrogen (secondary N) is 1. The van der Waals surface area contributed by atoms with Gasteiger partial charge in [-0.3, -0.25) is 0 Å². The molecule has 7 N–H and O–H groups in total. The van der Waals surface area contributed by atoms with Gasteiger partial charge in [0.1, 0.15) is 0 Å². The molecule has 10 heavy (non-hydrogen) atoms. The summed E-state index contributed by atoms with van der Waals surface area (Å²) in [6, 6.07) is -1.11. The Labute approximate surface area is 57.1 Å². The van der Waals surface area contributed by atoms with Gasteiger partial charge in [0.25, 0.3) is 0 Å². The number of rotatable bonds is 2. The number of primary amides is 1. The topological polar surface area (TPSA) is 145 Å². The molecule has 0 fully saturated rings. The second-order valence-electron chi connectivity index (χ2n) is 1.32. The van der Waals surface area contributed by atoms with E-state index in [0.717, 1.165) is 0 Å². The Bertz CT molecular complexity index is 219. The number of nitrogens with two attached hydrogens (primary N) is 3. The highest BCUT2D eigenvalue weighted by molar-refractivity contribution is 7.86. The van der Waals surface area contributed by atoms with E-state index in [1.54, 1.807) is 0 Å². The van der Waals surface area contributed by atoms with Crippen LogP contribution in [0.3, 0.4) is 0 Å². The molecule has 0 atom stereocenters. The van der Waals surface area contributed by atoms with E-state index in [-0.39, 0.29) is 4.52 Å². The minimum atomic E-state index is -4.10. The fourth-order valence-corrected chi connectivity index (χ4v) is 0.389. The fourth-order valence-electron chi connectivity index (χ4n) is 0.172. The van der Waals surface area contributed by atoms with E-state index < -0.39 is 16.2 Å². The van der Waals surface area contributed by atoms with Crippen LogP contribution in [-0.4, -0.2) is 19.0 Å². The normalized spacial score (nSPS) is 11.5. The van der Waals surface area contributed by atoms with Crippen LogP contribution in [0.2, 0.25) is 0 Å². The van der Waals surface area contributed by atoms with Crippen LogP contribution in [0.1, 0.15) is 0 Å². The molecule has 0 aliphatic heterocycles. The van der Waals surface area contributed by atoms with Gasteiger partial charge in [-0.2, -0.15) is 8.42 Å². The molecule has 0 heterocycles. The van der Waals surface area contributed by atoms with Crippen molar-refractivity contribution in [2.45, 2.75) is 0 Å². The second-order valence-corrected chi connectivity index (χ2v) is 2.74. The average Bonchev–Trinajstić information content (AvgIpc) is 1.60. The maximum absolute atomic E-state index is 10.2. The molecule has 0 saturated carbocycles. The number of urea groups is 1. The Morgan fingerprint density at radius 2 is 1.90 bits per heavy atom. The van der Waals surface area contributed by atoms with Gasteiger partial charge in [-0.15, -0.1) is 0 Å². The summed E-state index contributed by atoms with van der Waals surface area (Å²) < 4.78 is 20.3. The zero-order valence-electron chi connectivity index (χ0n) is 4.81. The molecule has 0 spiro atoms. The first-order valence-electron chi connectivity index (χ1n) is 1.98. The second kappa shape index (κ2) is 2.79. The summed E-state index contributed by atoms with van der Waals surface area (Å²) in [7, 11) is -4.10. The van der Waals surface area contributed by atoms with E-state index in [0.29, 0.717) is 0 Å². The summed E-state index contributed by atoms with van der Waals surface area (Å²) in [5.74, 6) is 4.66. The molecular weight excluding hydrogens is 162 g/mol. The molecule has 0 unspecified atom stereocenters. The van der Waals surface area contributed by atoms with Crippen LogP contribution in [0.5, 0.6) is 0 Å². The van der Waals surface area contributed by atoms with Crippen LogP contribution in [0, 0.1) is 0 Å². The van der Waals surface area contributed by atoms with E-state index >= 15 is 0 Å². The number of carbonyl (C=O) groups excluding carboxylic acids is 1. The summed E-state index contributed by atoms with van der Waals surface area (Å²) in [5.41, 5.74) is 6.02. The smallest absolute Gasteiger partial charge is 0.328 e. The standard InChI is InChI=1S/CH7N5O3S/c2-1(7)5-6(3)10(4,8)9/h3H2,(H3,2,5,7)(H2,4,8,9). The summed E-state index contributed by atoms with van der Waals surface area (Å²) in [6.45, 7) is 0. The third-order valence-electron chi connectivity index (χ3n) is 0.495. The van der Waals surface area contributed by atoms with Crippen molar-refractivity contribution in [3.05, 3.63) is 0 Å². The molecule has 2 amide bonds. The Kier molecular flexibility index (Phi) is 2.54. The van der Waals surface area contributed by atoms with Gasteiger partial charge in [0, 0.05) is 0 Å². The van der Waals surface area contributed by atoms with Crippen molar-refractivity contribution >= 4 is 16.2 Å². The van der Waals surface area contributed by atoms with Crippen LogP contribution < -0.4 is 22.1 Å². The molecule has 8 nitrogen and oxygen atoms in total. The molecule has 0 radical (unpaired) electrons. The summed E-state index contributed by atoms with van der Waals surface area (Å²) >= 11 is 0. The molecule has 0 aromatic heterocycles. The van der Waals surface area contributed by atoms with Gasteiger partial charge in [-0.25, -0.2) is 21.2 Å². The van der Waals surface area contributed by atoms with Crippen molar-refractivity contribution in [1.82, 2.24) is 9.95 Å². The van der Waals surface area contributed by atoms with Gasteiger partial charge < -0.3 is 5.73 Å². The van der Waals surface area contributed by atoms with Crippen LogP contribution in [0.15, 0.2) is 0 Å². The van der Waals surface area contributed by atoms with E-state index in [2.05, 4.69) is 16.7 Å². The third kappa shape index (κ3) is 3.19. The molecule has 0 aliphatic rings. The van der Waals surface area contributed by atoms with E-state index in [9.17, 15) is 13.2 Å². The van der Waals surface area contributed by atoms with Gasteiger partial charge in [-0.05, 0) is 4.52 Å². The lowest BCUT2D eigenvalue weighted by Crippen LogP contribution is -2.54. The number of hydrogen-bond acceptors (Lipinski definition) is 4. The highest BCUT2D eigenvalue weighted by Crippen LogP contribution is 1.75. The number of hydrogen-bond donors (Lipinski definition) is 4. The van der Waals surface area contributed by atoms with Crippen molar-refractivity contribution in [2.75, 3.05) is 0 Å². The van der Waals surface area contributed by atoms with Crippen molar-refractivity contribution < 1.29 is 13.2 Å². The Morgan fingerprint density at radius 3 is 2.00 bits per heavy atom. The Morgan fingerprint density at radius 1 is 1.50 bits per heavy atom. The van der Waals surface area contributed by atoms with Gasteiger partial charge in [0.05, 0.1) is 0 Å². The predicted octanol–water partition coefficient (Wildman–Crippen LogP) is -3.05. The van der Waals surface area contributed by atoms with Crippen LogP contribution in [0.25, 0.3) is 0 Å². The predicted molar refractivity (Wildman–Crippen MR) is 31.9 cm³/mol. The lowest BCUT2D eigenvalue weighted by Gasteiger charge is -2.11. The molecule has 0 aliphatic carbocycles. The SMILES string of the molecule is NC(=O)NN(N)S(N)(=O)=O. The van der Waals surface area contributed by atoms with Crippen LogP contribution in [-0.2, 0) is 10.2 Å². The zero-order valence-corrected chi connectivity index (χ0v) is 5.63. The fraction of sp³-hybridized carbons (Fsp3) is 0. The van der Waals surface area contributed by atoms with E-state index in [1.165, 1.54) is 5.43 Å². The largest absolute Gasteiger partial charge is 0.350 e. The number of nitrogens with zero attached hydrogens (tertiary/aromatic N) is 1. The number of hydrazine groups is 2. The minimum absolute atomic E-state index is 0.0880. The Hall–Kier alpha value is -0.900. The van der Waals surface area contributed by atoms with Crippen molar-refractivity contribution in [2.24, 2.45) is 16.7 Å². The highest BCUT2D eigenvalue weighted by Gasteiger charge is 2.12. The summed E-state index contributed by atoms with van der Waals surface area (Å²) in [4.78, 5) is 9.93. The van der Waals surface area contributed by atoms with Gasteiger partial charge in [0.2, 0.25) is 0 Å². The number of carbonyl (C=O) groups is 1. The number of amides is 2. The van der Waals surface area contributed by atoms with Crippen molar-refractivity contribution in [3.63, 3.8) is 0 Å². The van der Waals surface area contributed by atoms with Gasteiger partial charge in [0.15, 0.2) is 0 Å².